The minimum absolute atomic E-state index is 0.704. The van der Waals surface area contributed by atoms with Crippen LogP contribution in [0.4, 0.5) is 0 Å². The van der Waals surface area contributed by atoms with Crippen LogP contribution in [0, 0.1) is 11.8 Å². The molecule has 0 aromatic heterocycles. The van der Waals surface area contributed by atoms with Crippen LogP contribution in [0.2, 0.25) is 0 Å². The summed E-state index contributed by atoms with van der Waals surface area (Å²) in [5, 5.41) is 3.71. The third-order valence-corrected chi connectivity index (χ3v) is 5.10. The monoisotopic (exact) mass is 253 g/mol. The van der Waals surface area contributed by atoms with Crippen molar-refractivity contribution < 1.29 is 0 Å². The normalized spacial score (nSPS) is 37.7. The topological polar surface area (TPSA) is 18.5 Å². The summed E-state index contributed by atoms with van der Waals surface area (Å²) < 4.78 is 0. The number of piperazine rings is 1. The molecule has 2 aliphatic rings. The molecule has 18 heavy (non-hydrogen) atoms. The molecule has 0 bridgehead atoms. The molecule has 2 rings (SSSR count). The van der Waals surface area contributed by atoms with Gasteiger partial charge in [0.1, 0.15) is 0 Å². The lowest BCUT2D eigenvalue weighted by Gasteiger charge is -2.46. The van der Waals surface area contributed by atoms with Crippen LogP contribution in [0.5, 0.6) is 0 Å². The van der Waals surface area contributed by atoms with Crippen LogP contribution in [0.15, 0.2) is 0 Å². The number of hydrogen-bond donors (Lipinski definition) is 1. The average molecular weight is 253 g/mol. The van der Waals surface area contributed by atoms with Gasteiger partial charge in [-0.3, -0.25) is 4.90 Å². The Bertz CT molecular complexity index is 256. The zero-order valence-corrected chi connectivity index (χ0v) is 12.7. The Labute approximate surface area is 113 Å². The molecule has 106 valence electrons. The summed E-state index contributed by atoms with van der Waals surface area (Å²) in [5.74, 6) is 1.62. The first kappa shape index (κ1) is 14.3. The fourth-order valence-corrected chi connectivity index (χ4v) is 3.65. The molecule has 0 amide bonds. The van der Waals surface area contributed by atoms with Crippen LogP contribution in [0.1, 0.15) is 33.6 Å². The van der Waals surface area contributed by atoms with Gasteiger partial charge < -0.3 is 10.2 Å². The third kappa shape index (κ3) is 3.25. The third-order valence-electron chi connectivity index (χ3n) is 5.10. The van der Waals surface area contributed by atoms with E-state index in [0.717, 1.165) is 17.9 Å². The lowest BCUT2D eigenvalue weighted by Crippen LogP contribution is -2.59. The number of piperidine rings is 1. The van der Waals surface area contributed by atoms with E-state index in [1.807, 2.05) is 0 Å². The Balaban J connectivity index is 1.92. The maximum Gasteiger partial charge on any atom is 0.0221 e. The van der Waals surface area contributed by atoms with Gasteiger partial charge in [-0.1, -0.05) is 27.2 Å². The van der Waals surface area contributed by atoms with Crippen LogP contribution < -0.4 is 5.32 Å². The fourth-order valence-electron chi connectivity index (χ4n) is 3.65. The predicted octanol–water partition coefficient (Wildman–Crippen LogP) is 1.65. The van der Waals surface area contributed by atoms with Crippen LogP contribution in [0.25, 0.3) is 0 Å². The summed E-state index contributed by atoms with van der Waals surface area (Å²) >= 11 is 0. The van der Waals surface area contributed by atoms with Crippen molar-refractivity contribution in [1.82, 2.24) is 15.1 Å². The molecule has 4 atom stereocenters. The van der Waals surface area contributed by atoms with Crippen LogP contribution >= 0.6 is 0 Å². The summed E-state index contributed by atoms with van der Waals surface area (Å²) in [5.41, 5.74) is 0. The van der Waals surface area contributed by atoms with Gasteiger partial charge in [-0.2, -0.15) is 0 Å². The minimum Gasteiger partial charge on any atom is -0.311 e. The van der Waals surface area contributed by atoms with Gasteiger partial charge in [-0.05, 0) is 31.8 Å². The molecule has 0 saturated carbocycles. The Kier molecular flexibility index (Phi) is 5.05. The summed E-state index contributed by atoms with van der Waals surface area (Å²) in [6, 6.07) is 1.52. The van der Waals surface area contributed by atoms with E-state index in [1.165, 1.54) is 45.6 Å². The summed E-state index contributed by atoms with van der Waals surface area (Å²) in [6.07, 6.45) is 2.64. The molecule has 1 N–H and O–H groups in total. The quantitative estimate of drug-likeness (QED) is 0.825. The smallest absolute Gasteiger partial charge is 0.0221 e. The molecule has 0 aromatic carbocycles. The van der Waals surface area contributed by atoms with Crippen LogP contribution in [-0.4, -0.2) is 61.7 Å². The Morgan fingerprint density at radius 2 is 2.06 bits per heavy atom. The van der Waals surface area contributed by atoms with Gasteiger partial charge in [0.25, 0.3) is 0 Å². The molecule has 3 nitrogen and oxygen atoms in total. The van der Waals surface area contributed by atoms with Gasteiger partial charge in [-0.25, -0.2) is 0 Å². The van der Waals surface area contributed by atoms with E-state index in [1.54, 1.807) is 0 Å². The highest BCUT2D eigenvalue weighted by atomic mass is 15.2. The van der Waals surface area contributed by atoms with Gasteiger partial charge in [-0.15, -0.1) is 0 Å². The van der Waals surface area contributed by atoms with Crippen LogP contribution in [-0.2, 0) is 0 Å². The van der Waals surface area contributed by atoms with E-state index < -0.39 is 0 Å². The van der Waals surface area contributed by atoms with E-state index in [9.17, 15) is 0 Å². The average Bonchev–Trinajstić information content (AvgIpc) is 2.38. The molecule has 2 fully saturated rings. The van der Waals surface area contributed by atoms with Crippen molar-refractivity contribution in [3.8, 4) is 0 Å². The van der Waals surface area contributed by atoms with Gasteiger partial charge in [0.15, 0.2) is 0 Å². The summed E-state index contributed by atoms with van der Waals surface area (Å²) in [4.78, 5) is 5.25. The van der Waals surface area contributed by atoms with E-state index in [4.69, 9.17) is 0 Å². The molecule has 2 heterocycles. The van der Waals surface area contributed by atoms with E-state index >= 15 is 0 Å². The van der Waals surface area contributed by atoms with Crippen molar-refractivity contribution in [3.05, 3.63) is 0 Å². The number of likely N-dealkylation sites (tertiary alicyclic amines) is 1. The molecular weight excluding hydrogens is 222 g/mol. The maximum absolute atomic E-state index is 3.71. The molecule has 0 aliphatic carbocycles. The van der Waals surface area contributed by atoms with Gasteiger partial charge in [0, 0.05) is 38.3 Å². The first-order valence-electron chi connectivity index (χ1n) is 7.77. The Morgan fingerprint density at radius 1 is 1.28 bits per heavy atom. The van der Waals surface area contributed by atoms with E-state index in [-0.39, 0.29) is 0 Å². The standard InChI is InChI=1S/C15H31N3/c1-5-12(2)14-11-18(9-7-16-14)15-6-8-17(4)10-13(15)3/h12-16H,5-11H2,1-4H3. The Hall–Kier alpha value is -0.120. The summed E-state index contributed by atoms with van der Waals surface area (Å²) in [6.45, 7) is 13.3. The second-order valence-corrected chi connectivity index (χ2v) is 6.54. The van der Waals surface area contributed by atoms with Crippen molar-refractivity contribution in [2.45, 2.75) is 45.7 Å². The van der Waals surface area contributed by atoms with Crippen molar-refractivity contribution in [1.29, 1.82) is 0 Å². The fraction of sp³-hybridized carbons (Fsp3) is 1.00. The lowest BCUT2D eigenvalue weighted by molar-refractivity contribution is 0.0462. The molecule has 3 heteroatoms. The Morgan fingerprint density at radius 3 is 2.72 bits per heavy atom. The molecule has 2 aliphatic heterocycles. The predicted molar refractivity (Wildman–Crippen MR) is 77.9 cm³/mol. The SMILES string of the molecule is CCC(C)C1CN(C2CCN(C)CC2C)CCN1. The second-order valence-electron chi connectivity index (χ2n) is 6.54. The first-order valence-corrected chi connectivity index (χ1v) is 7.77. The number of rotatable bonds is 3. The molecule has 4 unspecified atom stereocenters. The maximum atomic E-state index is 3.71. The van der Waals surface area contributed by atoms with E-state index in [2.05, 4.69) is 42.9 Å². The van der Waals surface area contributed by atoms with Gasteiger partial charge in [0.2, 0.25) is 0 Å². The highest BCUT2D eigenvalue weighted by Gasteiger charge is 2.33. The molecule has 2 saturated heterocycles. The number of hydrogen-bond acceptors (Lipinski definition) is 3. The van der Waals surface area contributed by atoms with Crippen molar-refractivity contribution >= 4 is 0 Å². The highest BCUT2D eigenvalue weighted by Crippen LogP contribution is 2.23. The largest absolute Gasteiger partial charge is 0.311 e. The molecular formula is C15H31N3. The van der Waals surface area contributed by atoms with Crippen molar-refractivity contribution in [2.75, 3.05) is 39.8 Å². The first-order chi connectivity index (χ1) is 8.61. The number of nitrogens with zero attached hydrogens (tertiary/aromatic N) is 2. The van der Waals surface area contributed by atoms with E-state index in [0.29, 0.717) is 6.04 Å². The van der Waals surface area contributed by atoms with Crippen molar-refractivity contribution in [3.63, 3.8) is 0 Å². The highest BCUT2D eigenvalue weighted by molar-refractivity contribution is 4.90. The zero-order valence-electron chi connectivity index (χ0n) is 12.7. The lowest BCUT2D eigenvalue weighted by atomic mass is 9.90. The molecule has 0 aromatic rings. The van der Waals surface area contributed by atoms with Gasteiger partial charge in [0.05, 0.1) is 0 Å². The molecule has 0 radical (unpaired) electrons. The second kappa shape index (κ2) is 6.36. The van der Waals surface area contributed by atoms with Crippen molar-refractivity contribution in [2.24, 2.45) is 11.8 Å². The molecule has 0 spiro atoms. The minimum atomic E-state index is 0.704. The summed E-state index contributed by atoms with van der Waals surface area (Å²) in [7, 11) is 2.26. The van der Waals surface area contributed by atoms with Gasteiger partial charge >= 0.3 is 0 Å². The number of nitrogens with one attached hydrogen (secondary N) is 1. The van der Waals surface area contributed by atoms with Crippen LogP contribution in [0.3, 0.4) is 0 Å². The zero-order chi connectivity index (χ0) is 13.1.